The van der Waals surface area contributed by atoms with Crippen LogP contribution in [0, 0.1) is 13.8 Å². The highest BCUT2D eigenvalue weighted by Crippen LogP contribution is 2.25. The van der Waals surface area contributed by atoms with Crippen molar-refractivity contribution in [2.45, 2.75) is 40.0 Å². The quantitative estimate of drug-likeness (QED) is 0.412. The zero-order chi connectivity index (χ0) is 23.0. The summed E-state index contributed by atoms with van der Waals surface area (Å²) in [4.78, 5) is 25.2. The van der Waals surface area contributed by atoms with Crippen LogP contribution in [0.3, 0.4) is 0 Å². The highest BCUT2D eigenvalue weighted by atomic mass is 16.5. The summed E-state index contributed by atoms with van der Waals surface area (Å²) in [6.45, 7) is 10.3. The van der Waals surface area contributed by atoms with E-state index in [1.165, 1.54) is 5.56 Å². The van der Waals surface area contributed by atoms with Crippen LogP contribution in [-0.2, 0) is 10.2 Å². The van der Waals surface area contributed by atoms with Gasteiger partial charge in [-0.1, -0.05) is 32.9 Å². The Kier molecular flexibility index (Phi) is 5.51. The first-order chi connectivity index (χ1) is 15.1. The van der Waals surface area contributed by atoms with Gasteiger partial charge in [-0.15, -0.1) is 0 Å². The van der Waals surface area contributed by atoms with Gasteiger partial charge >= 0.3 is 0 Å². The standard InChI is InChI=1S/C27H27NO4/c1-16-12-22-23(13-17(16)2)32-24-14-19(8-11-21(24)26(22)30)28-25(29)15-31-20-9-6-18(7-10-20)27(3,4)5/h6-14H,15H2,1-5H3,(H,28,29). The molecule has 0 radical (unpaired) electrons. The van der Waals surface area contributed by atoms with Crippen molar-refractivity contribution in [3.63, 3.8) is 0 Å². The van der Waals surface area contributed by atoms with E-state index in [9.17, 15) is 9.59 Å². The van der Waals surface area contributed by atoms with E-state index in [1.54, 1.807) is 18.2 Å². The summed E-state index contributed by atoms with van der Waals surface area (Å²) in [7, 11) is 0. The van der Waals surface area contributed by atoms with E-state index in [4.69, 9.17) is 9.15 Å². The number of amides is 1. The normalized spacial score (nSPS) is 11.7. The molecule has 0 atom stereocenters. The highest BCUT2D eigenvalue weighted by Gasteiger charge is 2.14. The number of fused-ring (bicyclic) bond motifs is 2. The van der Waals surface area contributed by atoms with Crippen LogP contribution in [0.15, 0.2) is 63.8 Å². The smallest absolute Gasteiger partial charge is 0.262 e. The second-order valence-corrected chi connectivity index (χ2v) is 9.19. The van der Waals surface area contributed by atoms with Crippen molar-refractivity contribution in [3.05, 3.63) is 81.5 Å². The third-order valence-electron chi connectivity index (χ3n) is 5.66. The maximum Gasteiger partial charge on any atom is 0.262 e. The third-order valence-corrected chi connectivity index (χ3v) is 5.66. The summed E-state index contributed by atoms with van der Waals surface area (Å²) in [5.41, 5.74) is 4.79. The zero-order valence-electron chi connectivity index (χ0n) is 19.0. The average molecular weight is 430 g/mol. The predicted octanol–water partition coefficient (Wildman–Crippen LogP) is 5.88. The van der Waals surface area contributed by atoms with Gasteiger partial charge in [-0.25, -0.2) is 0 Å². The lowest BCUT2D eigenvalue weighted by Gasteiger charge is -2.19. The number of rotatable bonds is 4. The van der Waals surface area contributed by atoms with E-state index < -0.39 is 0 Å². The lowest BCUT2D eigenvalue weighted by atomic mass is 9.87. The molecule has 1 N–H and O–H groups in total. The number of hydrogen-bond acceptors (Lipinski definition) is 4. The van der Waals surface area contributed by atoms with Crippen molar-refractivity contribution < 1.29 is 13.9 Å². The molecule has 0 unspecified atom stereocenters. The molecule has 0 fully saturated rings. The summed E-state index contributed by atoms with van der Waals surface area (Å²) in [5.74, 6) is 0.341. The molecule has 0 aliphatic carbocycles. The SMILES string of the molecule is Cc1cc2oc3cc(NC(=O)COc4ccc(C(C)(C)C)cc4)ccc3c(=O)c2cc1C. The molecular weight excluding hydrogens is 402 g/mol. The molecule has 0 aliphatic rings. The van der Waals surface area contributed by atoms with Crippen molar-refractivity contribution in [2.75, 3.05) is 11.9 Å². The molecule has 1 heterocycles. The van der Waals surface area contributed by atoms with Gasteiger partial charge in [0.1, 0.15) is 16.9 Å². The fourth-order valence-corrected chi connectivity index (χ4v) is 3.58. The van der Waals surface area contributed by atoms with Gasteiger partial charge in [-0.3, -0.25) is 9.59 Å². The van der Waals surface area contributed by atoms with Gasteiger partial charge in [0.15, 0.2) is 6.61 Å². The van der Waals surface area contributed by atoms with E-state index in [1.807, 2.05) is 50.2 Å². The second-order valence-electron chi connectivity index (χ2n) is 9.19. The fraction of sp³-hybridized carbons (Fsp3) is 0.259. The van der Waals surface area contributed by atoms with E-state index >= 15 is 0 Å². The van der Waals surface area contributed by atoms with Crippen molar-refractivity contribution in [1.29, 1.82) is 0 Å². The monoisotopic (exact) mass is 429 g/mol. The third kappa shape index (κ3) is 4.37. The lowest BCUT2D eigenvalue weighted by molar-refractivity contribution is -0.118. The molecule has 5 nitrogen and oxygen atoms in total. The molecule has 0 aliphatic heterocycles. The number of carbonyl (C=O) groups excluding carboxylic acids is 1. The Bertz CT molecular complexity index is 1380. The molecular formula is C27H27NO4. The Hall–Kier alpha value is -3.60. The number of hydrogen-bond donors (Lipinski definition) is 1. The van der Waals surface area contributed by atoms with E-state index in [-0.39, 0.29) is 23.4 Å². The number of ether oxygens (including phenoxy) is 1. The first-order valence-corrected chi connectivity index (χ1v) is 10.6. The molecule has 0 bridgehead atoms. The van der Waals surface area contributed by atoms with Crippen molar-refractivity contribution in [3.8, 4) is 5.75 Å². The summed E-state index contributed by atoms with van der Waals surface area (Å²) in [6.07, 6.45) is 0. The Balaban J connectivity index is 1.50. The molecule has 164 valence electrons. The molecule has 3 aromatic carbocycles. The fourth-order valence-electron chi connectivity index (χ4n) is 3.58. The van der Waals surface area contributed by atoms with Crippen molar-refractivity contribution in [1.82, 2.24) is 0 Å². The maximum absolute atomic E-state index is 12.9. The van der Waals surface area contributed by atoms with Gasteiger partial charge in [0.05, 0.1) is 10.8 Å². The van der Waals surface area contributed by atoms with E-state index in [2.05, 4.69) is 26.1 Å². The minimum absolute atomic E-state index is 0.0594. The van der Waals surface area contributed by atoms with Crippen LogP contribution in [0.2, 0.25) is 0 Å². The van der Waals surface area contributed by atoms with Crippen LogP contribution in [0.25, 0.3) is 21.9 Å². The number of carbonyl (C=O) groups is 1. The van der Waals surface area contributed by atoms with Crippen LogP contribution in [0.5, 0.6) is 5.75 Å². The van der Waals surface area contributed by atoms with E-state index in [0.29, 0.717) is 33.4 Å². The van der Waals surface area contributed by atoms with Crippen molar-refractivity contribution >= 4 is 33.5 Å². The van der Waals surface area contributed by atoms with Crippen molar-refractivity contribution in [2.24, 2.45) is 0 Å². The minimum Gasteiger partial charge on any atom is -0.484 e. The van der Waals surface area contributed by atoms with E-state index in [0.717, 1.165) is 11.1 Å². The Morgan fingerprint density at radius 3 is 2.25 bits per heavy atom. The maximum atomic E-state index is 12.9. The Morgan fingerprint density at radius 1 is 0.906 bits per heavy atom. The predicted molar refractivity (Wildman–Crippen MR) is 129 cm³/mol. The molecule has 5 heteroatoms. The summed E-state index contributed by atoms with van der Waals surface area (Å²) in [5, 5.41) is 3.84. The molecule has 4 aromatic rings. The number of benzene rings is 3. The molecule has 0 saturated heterocycles. The minimum atomic E-state index is -0.293. The number of aryl methyl sites for hydroxylation is 2. The molecule has 1 amide bonds. The van der Waals surface area contributed by atoms with Gasteiger partial charge in [-0.05, 0) is 72.4 Å². The Labute approximate surface area is 187 Å². The van der Waals surface area contributed by atoms with Crippen LogP contribution < -0.4 is 15.5 Å². The molecule has 32 heavy (non-hydrogen) atoms. The zero-order valence-corrected chi connectivity index (χ0v) is 19.0. The van der Waals surface area contributed by atoms with Gasteiger partial charge in [0, 0.05) is 11.8 Å². The summed E-state index contributed by atoms with van der Waals surface area (Å²) < 4.78 is 11.6. The summed E-state index contributed by atoms with van der Waals surface area (Å²) >= 11 is 0. The largest absolute Gasteiger partial charge is 0.484 e. The molecule has 1 aromatic heterocycles. The topological polar surface area (TPSA) is 68.5 Å². The first-order valence-electron chi connectivity index (χ1n) is 10.6. The van der Waals surface area contributed by atoms with Crippen LogP contribution >= 0.6 is 0 Å². The molecule has 0 saturated carbocycles. The van der Waals surface area contributed by atoms with Gasteiger partial charge in [0.25, 0.3) is 5.91 Å². The number of nitrogens with one attached hydrogen (secondary N) is 1. The average Bonchev–Trinajstić information content (AvgIpc) is 2.73. The van der Waals surface area contributed by atoms with Crippen LogP contribution in [0.4, 0.5) is 5.69 Å². The van der Waals surface area contributed by atoms with Gasteiger partial charge < -0.3 is 14.5 Å². The van der Waals surface area contributed by atoms with Gasteiger partial charge in [0.2, 0.25) is 5.43 Å². The molecule has 4 rings (SSSR count). The summed E-state index contributed by atoms with van der Waals surface area (Å²) in [6, 6.07) is 16.5. The number of anilines is 1. The van der Waals surface area contributed by atoms with Gasteiger partial charge in [-0.2, -0.15) is 0 Å². The lowest BCUT2D eigenvalue weighted by Crippen LogP contribution is -2.20. The molecule has 0 spiro atoms. The first kappa shape index (κ1) is 21.6. The Morgan fingerprint density at radius 2 is 1.56 bits per heavy atom. The van der Waals surface area contributed by atoms with Crippen LogP contribution in [-0.4, -0.2) is 12.5 Å². The highest BCUT2D eigenvalue weighted by molar-refractivity contribution is 5.96. The second kappa shape index (κ2) is 8.15. The van der Waals surface area contributed by atoms with Crippen LogP contribution in [0.1, 0.15) is 37.5 Å².